The highest BCUT2D eigenvalue weighted by molar-refractivity contribution is 9.10. The Hall–Kier alpha value is -1.37. The summed E-state index contributed by atoms with van der Waals surface area (Å²) in [6.45, 7) is 2.21. The lowest BCUT2D eigenvalue weighted by atomic mass is 10.2. The number of benzene rings is 2. The van der Waals surface area contributed by atoms with Gasteiger partial charge in [-0.2, -0.15) is 0 Å². The molecule has 2 rings (SSSR count). The lowest BCUT2D eigenvalue weighted by Gasteiger charge is -2.11. The van der Waals surface area contributed by atoms with Crippen LogP contribution in [0, 0.1) is 6.92 Å². The summed E-state index contributed by atoms with van der Waals surface area (Å²) < 4.78 is 28.0. The molecule has 0 amide bonds. The summed E-state index contributed by atoms with van der Waals surface area (Å²) in [5.74, 6) is 0. The second-order valence-corrected chi connectivity index (χ2v) is 6.98. The van der Waals surface area contributed by atoms with E-state index in [0.29, 0.717) is 16.7 Å². The van der Waals surface area contributed by atoms with Crippen LogP contribution in [0.3, 0.4) is 0 Å². The van der Waals surface area contributed by atoms with Crippen LogP contribution in [-0.2, 0) is 16.6 Å². The van der Waals surface area contributed by atoms with E-state index in [1.807, 2.05) is 19.1 Å². The molecule has 2 aromatic carbocycles. The molecule has 0 aromatic heterocycles. The molecule has 0 aliphatic heterocycles. The molecular formula is C14H15BrN2O2S. The average molecular weight is 355 g/mol. The van der Waals surface area contributed by atoms with Gasteiger partial charge in [-0.3, -0.25) is 4.72 Å². The SMILES string of the molecule is Cc1ccc(Br)c(NS(=O)(=O)c2cccc(CN)c2)c1. The normalized spacial score (nSPS) is 11.3. The number of aryl methyl sites for hydroxylation is 1. The summed E-state index contributed by atoms with van der Waals surface area (Å²) >= 11 is 3.34. The smallest absolute Gasteiger partial charge is 0.261 e. The second kappa shape index (κ2) is 5.95. The van der Waals surface area contributed by atoms with Crippen molar-refractivity contribution in [1.29, 1.82) is 0 Å². The maximum atomic E-state index is 12.4. The number of hydrogen-bond donors (Lipinski definition) is 2. The van der Waals surface area contributed by atoms with E-state index in [1.54, 1.807) is 30.3 Å². The van der Waals surface area contributed by atoms with Crippen molar-refractivity contribution in [1.82, 2.24) is 0 Å². The van der Waals surface area contributed by atoms with Crippen molar-refractivity contribution in [2.24, 2.45) is 5.73 Å². The quantitative estimate of drug-likeness (QED) is 0.886. The molecule has 0 atom stereocenters. The van der Waals surface area contributed by atoms with Crippen molar-refractivity contribution in [2.75, 3.05) is 4.72 Å². The molecule has 0 saturated heterocycles. The number of hydrogen-bond acceptors (Lipinski definition) is 3. The molecular weight excluding hydrogens is 340 g/mol. The fraction of sp³-hybridized carbons (Fsp3) is 0.143. The third-order valence-corrected chi connectivity index (χ3v) is 4.87. The first kappa shape index (κ1) is 15.0. The van der Waals surface area contributed by atoms with E-state index in [0.717, 1.165) is 11.1 Å². The average Bonchev–Trinajstić information content (AvgIpc) is 2.43. The molecule has 0 unspecified atom stereocenters. The van der Waals surface area contributed by atoms with Crippen LogP contribution >= 0.6 is 15.9 Å². The molecule has 3 N–H and O–H groups in total. The predicted molar refractivity (Wildman–Crippen MR) is 84.0 cm³/mol. The first-order chi connectivity index (χ1) is 9.42. The molecule has 0 aliphatic carbocycles. The van der Waals surface area contributed by atoms with Crippen LogP contribution in [0.5, 0.6) is 0 Å². The summed E-state index contributed by atoms with van der Waals surface area (Å²) in [5, 5.41) is 0. The Morgan fingerprint density at radius 3 is 2.65 bits per heavy atom. The van der Waals surface area contributed by atoms with Crippen molar-refractivity contribution in [2.45, 2.75) is 18.4 Å². The van der Waals surface area contributed by atoms with Gasteiger partial charge >= 0.3 is 0 Å². The van der Waals surface area contributed by atoms with Crippen molar-refractivity contribution >= 4 is 31.6 Å². The fourth-order valence-electron chi connectivity index (χ4n) is 1.76. The zero-order valence-corrected chi connectivity index (χ0v) is 13.3. The number of rotatable bonds is 4. The van der Waals surface area contributed by atoms with E-state index in [1.165, 1.54) is 0 Å². The molecule has 4 nitrogen and oxygen atoms in total. The van der Waals surface area contributed by atoms with Gasteiger partial charge in [-0.25, -0.2) is 8.42 Å². The van der Waals surface area contributed by atoms with E-state index in [-0.39, 0.29) is 4.90 Å². The molecule has 106 valence electrons. The summed E-state index contributed by atoms with van der Waals surface area (Å²) in [6, 6.07) is 12.1. The van der Waals surface area contributed by atoms with Crippen molar-refractivity contribution in [3.63, 3.8) is 0 Å². The van der Waals surface area contributed by atoms with E-state index in [4.69, 9.17) is 5.73 Å². The molecule has 0 aliphatic rings. The Balaban J connectivity index is 2.38. The van der Waals surface area contributed by atoms with Gasteiger partial charge in [-0.15, -0.1) is 0 Å². The number of nitrogens with two attached hydrogens (primary N) is 1. The van der Waals surface area contributed by atoms with Gasteiger partial charge in [-0.05, 0) is 58.2 Å². The first-order valence-electron chi connectivity index (χ1n) is 6.00. The zero-order chi connectivity index (χ0) is 14.8. The predicted octanol–water partition coefficient (Wildman–Crippen LogP) is 3.02. The van der Waals surface area contributed by atoms with E-state index >= 15 is 0 Å². The van der Waals surface area contributed by atoms with E-state index in [2.05, 4.69) is 20.7 Å². The van der Waals surface area contributed by atoms with Gasteiger partial charge in [-0.1, -0.05) is 18.2 Å². The molecule has 20 heavy (non-hydrogen) atoms. The van der Waals surface area contributed by atoms with Gasteiger partial charge < -0.3 is 5.73 Å². The number of halogens is 1. The summed E-state index contributed by atoms with van der Waals surface area (Å²) in [4.78, 5) is 0.203. The minimum absolute atomic E-state index is 0.203. The van der Waals surface area contributed by atoms with Crippen LogP contribution in [0.2, 0.25) is 0 Å². The van der Waals surface area contributed by atoms with Gasteiger partial charge in [0.25, 0.3) is 10.0 Å². The molecule has 0 radical (unpaired) electrons. The topological polar surface area (TPSA) is 72.2 Å². The van der Waals surface area contributed by atoms with Gasteiger partial charge in [0.05, 0.1) is 10.6 Å². The highest BCUT2D eigenvalue weighted by Gasteiger charge is 2.15. The highest BCUT2D eigenvalue weighted by atomic mass is 79.9. The van der Waals surface area contributed by atoms with E-state index < -0.39 is 10.0 Å². The maximum absolute atomic E-state index is 12.4. The number of nitrogens with one attached hydrogen (secondary N) is 1. The molecule has 6 heteroatoms. The second-order valence-electron chi connectivity index (χ2n) is 4.44. The number of sulfonamides is 1. The third-order valence-electron chi connectivity index (χ3n) is 2.81. The minimum Gasteiger partial charge on any atom is -0.326 e. The summed E-state index contributed by atoms with van der Waals surface area (Å²) in [5.41, 5.74) is 7.80. The summed E-state index contributed by atoms with van der Waals surface area (Å²) in [7, 11) is -3.62. The standard InChI is InChI=1S/C14H15BrN2O2S/c1-10-5-6-13(15)14(7-10)17-20(18,19)12-4-2-3-11(8-12)9-16/h2-8,17H,9,16H2,1H3. The Morgan fingerprint density at radius 2 is 1.95 bits per heavy atom. The van der Waals surface area contributed by atoms with Crippen LogP contribution in [0.4, 0.5) is 5.69 Å². The third kappa shape index (κ3) is 3.39. The molecule has 0 bridgehead atoms. The van der Waals surface area contributed by atoms with Crippen LogP contribution in [0.25, 0.3) is 0 Å². The lowest BCUT2D eigenvalue weighted by molar-refractivity contribution is 0.601. The molecule has 0 heterocycles. The highest BCUT2D eigenvalue weighted by Crippen LogP contribution is 2.26. The van der Waals surface area contributed by atoms with Gasteiger partial charge in [0.2, 0.25) is 0 Å². The Morgan fingerprint density at radius 1 is 1.20 bits per heavy atom. The van der Waals surface area contributed by atoms with E-state index in [9.17, 15) is 8.42 Å². The fourth-order valence-corrected chi connectivity index (χ4v) is 3.38. The van der Waals surface area contributed by atoms with Gasteiger partial charge in [0.1, 0.15) is 0 Å². The molecule has 2 aromatic rings. The van der Waals surface area contributed by atoms with Crippen LogP contribution < -0.4 is 10.5 Å². The zero-order valence-electron chi connectivity index (χ0n) is 10.9. The lowest BCUT2D eigenvalue weighted by Crippen LogP contribution is -2.14. The Bertz CT molecular complexity index is 730. The molecule has 0 spiro atoms. The molecule has 0 saturated carbocycles. The van der Waals surface area contributed by atoms with Gasteiger partial charge in [0.15, 0.2) is 0 Å². The Labute approximate surface area is 127 Å². The Kier molecular flexibility index (Phi) is 4.47. The first-order valence-corrected chi connectivity index (χ1v) is 8.28. The molecule has 0 fully saturated rings. The van der Waals surface area contributed by atoms with Crippen LogP contribution in [-0.4, -0.2) is 8.42 Å². The van der Waals surface area contributed by atoms with Crippen LogP contribution in [0.15, 0.2) is 51.8 Å². The minimum atomic E-state index is -3.62. The van der Waals surface area contributed by atoms with Gasteiger partial charge in [0, 0.05) is 11.0 Å². The van der Waals surface area contributed by atoms with Crippen molar-refractivity contribution in [3.8, 4) is 0 Å². The summed E-state index contributed by atoms with van der Waals surface area (Å²) in [6.07, 6.45) is 0. The monoisotopic (exact) mass is 354 g/mol. The maximum Gasteiger partial charge on any atom is 0.261 e. The largest absolute Gasteiger partial charge is 0.326 e. The van der Waals surface area contributed by atoms with Crippen molar-refractivity contribution < 1.29 is 8.42 Å². The van der Waals surface area contributed by atoms with Crippen LogP contribution in [0.1, 0.15) is 11.1 Å². The van der Waals surface area contributed by atoms with Crippen molar-refractivity contribution in [3.05, 3.63) is 58.1 Å². The number of anilines is 1.